The topological polar surface area (TPSA) is 76.8 Å². The van der Waals surface area contributed by atoms with Crippen molar-refractivity contribution < 1.29 is 17.5 Å². The molecule has 0 atom stereocenters. The van der Waals surface area contributed by atoms with Crippen LogP contribution in [0.3, 0.4) is 0 Å². The molecule has 0 aliphatic heterocycles. The fourth-order valence-electron chi connectivity index (χ4n) is 2.93. The van der Waals surface area contributed by atoms with Crippen LogP contribution in [0.2, 0.25) is 0 Å². The predicted octanol–water partition coefficient (Wildman–Crippen LogP) is 3.27. The van der Waals surface area contributed by atoms with Gasteiger partial charge in [0.05, 0.1) is 19.3 Å². The molecule has 0 aliphatic carbocycles. The zero-order chi connectivity index (χ0) is 20.4. The summed E-state index contributed by atoms with van der Waals surface area (Å²) in [6.45, 7) is -0.165. The average Bonchev–Trinajstić information content (AvgIpc) is 3.21. The van der Waals surface area contributed by atoms with Crippen molar-refractivity contribution in [2.24, 2.45) is 0 Å². The Morgan fingerprint density at radius 2 is 1.83 bits per heavy atom. The number of fused-ring (bicyclic) bond motifs is 1. The monoisotopic (exact) mass is 412 g/mol. The van der Waals surface area contributed by atoms with E-state index in [0.717, 1.165) is 4.31 Å². The predicted molar refractivity (Wildman–Crippen MR) is 106 cm³/mol. The number of rotatable bonds is 6. The molecule has 0 amide bonds. The number of hydrogen-bond donors (Lipinski definition) is 0. The van der Waals surface area contributed by atoms with E-state index < -0.39 is 15.8 Å². The van der Waals surface area contributed by atoms with Crippen LogP contribution in [0, 0.1) is 5.82 Å². The first-order valence-electron chi connectivity index (χ1n) is 8.68. The number of nitrogens with zero attached hydrogens (tertiary/aromatic N) is 4. The first-order valence-corrected chi connectivity index (χ1v) is 10.1. The van der Waals surface area contributed by atoms with Crippen molar-refractivity contribution in [3.63, 3.8) is 0 Å². The molecule has 0 unspecified atom stereocenters. The van der Waals surface area contributed by atoms with E-state index in [1.54, 1.807) is 48.5 Å². The molecule has 0 spiro atoms. The third-order valence-corrected chi connectivity index (χ3v) is 6.24. The zero-order valence-corrected chi connectivity index (χ0v) is 16.3. The summed E-state index contributed by atoms with van der Waals surface area (Å²) in [5.74, 6) is 0.110. The molecule has 29 heavy (non-hydrogen) atoms. The van der Waals surface area contributed by atoms with Crippen LogP contribution in [0.1, 0.15) is 5.56 Å². The molecule has 7 nitrogen and oxygen atoms in total. The molecule has 4 aromatic rings. The van der Waals surface area contributed by atoms with Crippen molar-refractivity contribution in [3.05, 3.63) is 84.6 Å². The van der Waals surface area contributed by atoms with Gasteiger partial charge >= 0.3 is 0 Å². The summed E-state index contributed by atoms with van der Waals surface area (Å²) in [6, 6.07) is 15.7. The molecule has 0 aliphatic rings. The number of methoxy groups -OCH3 is 1. The van der Waals surface area contributed by atoms with Crippen LogP contribution in [0.25, 0.3) is 5.65 Å². The normalized spacial score (nSPS) is 11.5. The minimum absolute atomic E-state index is 0.0388. The van der Waals surface area contributed by atoms with Crippen LogP contribution < -0.4 is 9.04 Å². The highest BCUT2D eigenvalue weighted by molar-refractivity contribution is 7.92. The van der Waals surface area contributed by atoms with E-state index in [1.807, 2.05) is 0 Å². The van der Waals surface area contributed by atoms with Gasteiger partial charge in [-0.2, -0.15) is 0 Å². The Morgan fingerprint density at radius 1 is 1.07 bits per heavy atom. The number of halogens is 1. The van der Waals surface area contributed by atoms with Crippen LogP contribution in [0.4, 0.5) is 10.1 Å². The van der Waals surface area contributed by atoms with Crippen LogP contribution in [-0.2, 0) is 16.6 Å². The molecule has 148 valence electrons. The number of pyridine rings is 1. The maximum atomic E-state index is 14.3. The molecule has 2 aromatic carbocycles. The van der Waals surface area contributed by atoms with E-state index in [2.05, 4.69) is 10.2 Å². The first kappa shape index (κ1) is 18.9. The van der Waals surface area contributed by atoms with Gasteiger partial charge in [-0.3, -0.25) is 8.71 Å². The molecule has 4 rings (SSSR count). The summed E-state index contributed by atoms with van der Waals surface area (Å²) in [4.78, 5) is 0.0388. The summed E-state index contributed by atoms with van der Waals surface area (Å²) >= 11 is 0. The van der Waals surface area contributed by atoms with Gasteiger partial charge in [0, 0.05) is 11.8 Å². The van der Waals surface area contributed by atoms with Gasteiger partial charge in [-0.15, -0.1) is 10.2 Å². The van der Waals surface area contributed by atoms with Gasteiger partial charge in [-0.05, 0) is 42.5 Å². The molecular weight excluding hydrogens is 395 g/mol. The summed E-state index contributed by atoms with van der Waals surface area (Å²) in [5, 5.41) is 7.65. The maximum absolute atomic E-state index is 14.3. The van der Waals surface area contributed by atoms with Gasteiger partial charge in [-0.1, -0.05) is 18.2 Å². The van der Waals surface area contributed by atoms with Gasteiger partial charge in [-0.25, -0.2) is 12.8 Å². The number of anilines is 1. The Hall–Kier alpha value is -3.46. The van der Waals surface area contributed by atoms with Crippen LogP contribution in [0.15, 0.2) is 78.1 Å². The number of ether oxygens (including phenoxy) is 1. The summed E-state index contributed by atoms with van der Waals surface area (Å²) in [5.41, 5.74) is 1.17. The van der Waals surface area contributed by atoms with Crippen molar-refractivity contribution in [1.29, 1.82) is 0 Å². The minimum Gasteiger partial charge on any atom is -0.497 e. The quantitative estimate of drug-likeness (QED) is 0.486. The summed E-state index contributed by atoms with van der Waals surface area (Å²) in [6.07, 6.45) is 2.85. The number of aromatic nitrogens is 3. The molecular formula is C20H17FN4O3S. The fraction of sp³-hybridized carbons (Fsp3) is 0.100. The molecule has 2 heterocycles. The second-order valence-corrected chi connectivity index (χ2v) is 8.12. The zero-order valence-electron chi connectivity index (χ0n) is 15.4. The van der Waals surface area contributed by atoms with Crippen molar-refractivity contribution in [3.8, 4) is 5.75 Å². The Balaban J connectivity index is 1.82. The lowest BCUT2D eigenvalue weighted by atomic mass is 10.2. The SMILES string of the molecule is COc1ccc(N(Cc2ccccc2F)S(=O)(=O)c2ccc3nncn3c2)cc1. The highest BCUT2D eigenvalue weighted by Gasteiger charge is 2.27. The molecule has 0 fully saturated rings. The Morgan fingerprint density at radius 3 is 2.55 bits per heavy atom. The van der Waals surface area contributed by atoms with Gasteiger partial charge in [0.15, 0.2) is 5.65 Å². The van der Waals surface area contributed by atoms with E-state index in [9.17, 15) is 12.8 Å². The minimum atomic E-state index is -4.01. The van der Waals surface area contributed by atoms with Crippen LogP contribution in [0.5, 0.6) is 5.75 Å². The second-order valence-electron chi connectivity index (χ2n) is 6.26. The van der Waals surface area contributed by atoms with Crippen molar-refractivity contribution in [2.75, 3.05) is 11.4 Å². The standard InChI is InChI=1S/C20H17FN4O3S/c1-28-17-8-6-16(7-9-17)25(12-15-4-2-3-5-19(15)21)29(26,27)18-10-11-20-23-22-14-24(20)13-18/h2-11,13-14H,12H2,1H3. The lowest BCUT2D eigenvalue weighted by molar-refractivity contribution is 0.415. The lowest BCUT2D eigenvalue weighted by Crippen LogP contribution is -2.31. The summed E-state index contributed by atoms with van der Waals surface area (Å²) in [7, 11) is -2.48. The van der Waals surface area contributed by atoms with E-state index in [4.69, 9.17) is 4.74 Å². The fourth-order valence-corrected chi connectivity index (χ4v) is 4.38. The Kier molecular flexibility index (Phi) is 4.89. The van der Waals surface area contributed by atoms with E-state index >= 15 is 0 Å². The highest BCUT2D eigenvalue weighted by Crippen LogP contribution is 2.28. The molecule has 0 radical (unpaired) electrons. The third-order valence-electron chi connectivity index (χ3n) is 4.48. The molecule has 0 saturated carbocycles. The van der Waals surface area contributed by atoms with Crippen molar-refractivity contribution in [2.45, 2.75) is 11.4 Å². The number of hydrogen-bond acceptors (Lipinski definition) is 5. The van der Waals surface area contributed by atoms with Gasteiger partial charge in [0.2, 0.25) is 0 Å². The third kappa shape index (κ3) is 3.64. The van der Waals surface area contributed by atoms with E-state index in [-0.39, 0.29) is 17.0 Å². The average molecular weight is 412 g/mol. The maximum Gasteiger partial charge on any atom is 0.266 e. The smallest absolute Gasteiger partial charge is 0.266 e. The molecule has 2 aromatic heterocycles. The largest absolute Gasteiger partial charge is 0.497 e. The Labute approximate surface area is 167 Å². The van der Waals surface area contributed by atoms with E-state index in [0.29, 0.717) is 17.1 Å². The van der Waals surface area contributed by atoms with Crippen molar-refractivity contribution in [1.82, 2.24) is 14.6 Å². The van der Waals surface area contributed by atoms with Crippen LogP contribution in [-0.4, -0.2) is 30.1 Å². The molecule has 0 N–H and O–H groups in total. The molecule has 9 heteroatoms. The number of benzene rings is 2. The lowest BCUT2D eigenvalue weighted by Gasteiger charge is -2.25. The van der Waals surface area contributed by atoms with Gasteiger partial charge in [0.1, 0.15) is 22.8 Å². The van der Waals surface area contributed by atoms with Crippen molar-refractivity contribution >= 4 is 21.4 Å². The van der Waals surface area contributed by atoms with Crippen LogP contribution >= 0.6 is 0 Å². The second kappa shape index (κ2) is 7.51. The van der Waals surface area contributed by atoms with Gasteiger partial charge < -0.3 is 4.74 Å². The molecule has 0 saturated heterocycles. The van der Waals surface area contributed by atoms with E-state index in [1.165, 1.54) is 36.2 Å². The summed E-state index contributed by atoms with van der Waals surface area (Å²) < 4.78 is 49.1. The van der Waals surface area contributed by atoms with Gasteiger partial charge in [0.25, 0.3) is 10.0 Å². The Bertz CT molecular complexity index is 1260. The number of sulfonamides is 1. The highest BCUT2D eigenvalue weighted by atomic mass is 32.2. The molecule has 0 bridgehead atoms. The first-order chi connectivity index (χ1) is 14.0.